The van der Waals surface area contributed by atoms with Crippen molar-refractivity contribution in [3.63, 3.8) is 0 Å². The van der Waals surface area contributed by atoms with Crippen LogP contribution in [0.2, 0.25) is 0 Å². The smallest absolute Gasteiger partial charge is 0.160 e. The average Bonchev–Trinajstić information content (AvgIpc) is 2.61. The lowest BCUT2D eigenvalue weighted by Crippen LogP contribution is -2.29. The van der Waals surface area contributed by atoms with E-state index in [1.807, 2.05) is 6.07 Å². The van der Waals surface area contributed by atoms with Gasteiger partial charge in [-0.25, -0.2) is 0 Å². The largest absolute Gasteiger partial charge is 0.299 e. The lowest BCUT2D eigenvalue weighted by Gasteiger charge is -2.26. The van der Waals surface area contributed by atoms with Gasteiger partial charge in [-0.05, 0) is 44.5 Å². The molecule has 1 aliphatic rings. The molecule has 0 aliphatic carbocycles. The van der Waals surface area contributed by atoms with Crippen molar-refractivity contribution in [2.24, 2.45) is 0 Å². The van der Waals surface area contributed by atoms with E-state index >= 15 is 0 Å². The highest BCUT2D eigenvalue weighted by atomic mass is 32.1. The van der Waals surface area contributed by atoms with E-state index in [0.717, 1.165) is 17.7 Å². The number of hydrogen-bond acceptors (Lipinski definition) is 3. The summed E-state index contributed by atoms with van der Waals surface area (Å²) < 4.78 is 0. The quantitative estimate of drug-likeness (QED) is 0.734. The van der Waals surface area contributed by atoms with Crippen molar-refractivity contribution in [3.05, 3.63) is 21.4 Å². The van der Waals surface area contributed by atoms with Gasteiger partial charge in [0.05, 0.1) is 4.88 Å². The van der Waals surface area contributed by atoms with Crippen molar-refractivity contribution in [1.29, 1.82) is 0 Å². The van der Waals surface area contributed by atoms with Gasteiger partial charge in [0.15, 0.2) is 6.29 Å². The number of carbonyl (C=O) groups is 1. The van der Waals surface area contributed by atoms with Crippen LogP contribution >= 0.6 is 11.3 Å². The predicted molar refractivity (Wildman–Crippen MR) is 63.6 cm³/mol. The zero-order chi connectivity index (χ0) is 10.7. The molecule has 0 bridgehead atoms. The Morgan fingerprint density at radius 3 is 2.73 bits per heavy atom. The number of nitrogens with zero attached hydrogens (tertiary/aromatic N) is 1. The summed E-state index contributed by atoms with van der Waals surface area (Å²) in [6.07, 6.45) is 4.98. The molecule has 0 spiro atoms. The molecule has 1 aromatic rings. The number of aldehydes is 1. The summed E-state index contributed by atoms with van der Waals surface area (Å²) in [5, 5.41) is 0. The molecule has 15 heavy (non-hydrogen) atoms. The molecule has 82 valence electrons. The second-order valence-electron chi connectivity index (χ2n) is 4.18. The third-order valence-corrected chi connectivity index (χ3v) is 4.02. The Hall–Kier alpha value is -0.670. The molecule has 2 heterocycles. The first-order chi connectivity index (χ1) is 7.29. The maximum absolute atomic E-state index is 10.7. The van der Waals surface area contributed by atoms with Crippen LogP contribution in [0.1, 0.15) is 39.4 Å². The molecule has 2 nitrogen and oxygen atoms in total. The summed E-state index contributed by atoms with van der Waals surface area (Å²) in [6, 6.07) is 2.04. The minimum atomic E-state index is 0.861. The number of piperidine rings is 1. The molecule has 1 saturated heterocycles. The zero-order valence-corrected chi connectivity index (χ0v) is 9.98. The number of aryl methyl sites for hydroxylation is 1. The van der Waals surface area contributed by atoms with Gasteiger partial charge in [-0.3, -0.25) is 9.69 Å². The van der Waals surface area contributed by atoms with Gasteiger partial charge in [0.2, 0.25) is 0 Å². The molecule has 3 heteroatoms. The maximum Gasteiger partial charge on any atom is 0.160 e. The van der Waals surface area contributed by atoms with Gasteiger partial charge < -0.3 is 0 Å². The van der Waals surface area contributed by atoms with Crippen LogP contribution in [0, 0.1) is 6.92 Å². The molecule has 0 atom stereocenters. The molecule has 0 N–H and O–H groups in total. The third-order valence-electron chi connectivity index (χ3n) is 3.00. The highest BCUT2D eigenvalue weighted by molar-refractivity contribution is 7.13. The minimum Gasteiger partial charge on any atom is -0.299 e. The minimum absolute atomic E-state index is 0.861. The number of likely N-dealkylation sites (tertiary alicyclic amines) is 1. The Morgan fingerprint density at radius 1 is 1.40 bits per heavy atom. The van der Waals surface area contributed by atoms with E-state index in [0.29, 0.717) is 0 Å². The van der Waals surface area contributed by atoms with Crippen molar-refractivity contribution in [2.75, 3.05) is 13.1 Å². The first kappa shape index (κ1) is 10.8. The Bertz CT molecular complexity index is 339. The fourth-order valence-electron chi connectivity index (χ4n) is 2.12. The van der Waals surface area contributed by atoms with Crippen molar-refractivity contribution in [1.82, 2.24) is 4.90 Å². The van der Waals surface area contributed by atoms with Crippen molar-refractivity contribution in [2.45, 2.75) is 32.7 Å². The van der Waals surface area contributed by atoms with Crippen molar-refractivity contribution < 1.29 is 4.79 Å². The van der Waals surface area contributed by atoms with Crippen molar-refractivity contribution in [3.8, 4) is 0 Å². The summed E-state index contributed by atoms with van der Waals surface area (Å²) in [5.41, 5.74) is 1.34. The van der Waals surface area contributed by atoms with E-state index in [4.69, 9.17) is 0 Å². The Morgan fingerprint density at radius 2 is 2.13 bits per heavy atom. The first-order valence-electron chi connectivity index (χ1n) is 5.56. The predicted octanol–water partition coefficient (Wildman–Crippen LogP) is 2.85. The van der Waals surface area contributed by atoms with Crippen LogP contribution < -0.4 is 0 Å². The highest BCUT2D eigenvalue weighted by Crippen LogP contribution is 2.22. The van der Waals surface area contributed by atoms with Gasteiger partial charge in [-0.1, -0.05) is 6.42 Å². The van der Waals surface area contributed by atoms with E-state index in [-0.39, 0.29) is 0 Å². The van der Waals surface area contributed by atoms with Gasteiger partial charge in [-0.2, -0.15) is 0 Å². The SMILES string of the molecule is Cc1sc(C=O)cc1CN1CCCCC1. The third kappa shape index (κ3) is 2.67. The number of rotatable bonds is 3. The Kier molecular flexibility index (Phi) is 3.54. The van der Waals surface area contributed by atoms with Crippen LogP contribution in [0.5, 0.6) is 0 Å². The van der Waals surface area contributed by atoms with Gasteiger partial charge in [0.25, 0.3) is 0 Å². The highest BCUT2D eigenvalue weighted by Gasteiger charge is 2.13. The summed E-state index contributed by atoms with van der Waals surface area (Å²) in [6.45, 7) is 5.56. The molecule has 1 fully saturated rings. The Labute approximate surface area is 94.9 Å². The topological polar surface area (TPSA) is 20.3 Å². The van der Waals surface area contributed by atoms with E-state index < -0.39 is 0 Å². The van der Waals surface area contributed by atoms with E-state index in [1.165, 1.54) is 42.8 Å². The van der Waals surface area contributed by atoms with Crippen LogP contribution in [-0.2, 0) is 6.54 Å². The monoisotopic (exact) mass is 223 g/mol. The van der Waals surface area contributed by atoms with E-state index in [9.17, 15) is 4.79 Å². The molecular weight excluding hydrogens is 206 g/mol. The summed E-state index contributed by atoms with van der Waals surface area (Å²) in [4.78, 5) is 15.3. The Balaban J connectivity index is 2.02. The van der Waals surface area contributed by atoms with Crippen LogP contribution in [-0.4, -0.2) is 24.3 Å². The van der Waals surface area contributed by atoms with Crippen LogP contribution in [0.25, 0.3) is 0 Å². The average molecular weight is 223 g/mol. The lowest BCUT2D eigenvalue weighted by atomic mass is 10.1. The molecule has 2 rings (SSSR count). The number of thiophene rings is 1. The summed E-state index contributed by atoms with van der Waals surface area (Å²) in [5.74, 6) is 0. The number of hydrogen-bond donors (Lipinski definition) is 0. The maximum atomic E-state index is 10.7. The molecule has 1 aromatic heterocycles. The molecule has 0 saturated carbocycles. The van der Waals surface area contributed by atoms with Gasteiger partial charge in [0, 0.05) is 11.4 Å². The molecule has 0 unspecified atom stereocenters. The number of carbonyl (C=O) groups excluding carboxylic acids is 1. The van der Waals surface area contributed by atoms with E-state index in [1.54, 1.807) is 11.3 Å². The molecular formula is C12H17NOS. The fourth-order valence-corrected chi connectivity index (χ4v) is 2.98. The normalized spacial score (nSPS) is 17.9. The first-order valence-corrected chi connectivity index (χ1v) is 6.38. The van der Waals surface area contributed by atoms with Gasteiger partial charge in [-0.15, -0.1) is 11.3 Å². The van der Waals surface area contributed by atoms with Gasteiger partial charge >= 0.3 is 0 Å². The van der Waals surface area contributed by atoms with Gasteiger partial charge in [0.1, 0.15) is 0 Å². The second kappa shape index (κ2) is 4.90. The van der Waals surface area contributed by atoms with E-state index in [2.05, 4.69) is 11.8 Å². The lowest BCUT2D eigenvalue weighted by molar-refractivity contribution is 0.112. The van der Waals surface area contributed by atoms with Crippen molar-refractivity contribution >= 4 is 17.6 Å². The van der Waals surface area contributed by atoms with Crippen LogP contribution in [0.15, 0.2) is 6.07 Å². The second-order valence-corrected chi connectivity index (χ2v) is 5.47. The zero-order valence-electron chi connectivity index (χ0n) is 9.16. The van der Waals surface area contributed by atoms with Crippen LogP contribution in [0.3, 0.4) is 0 Å². The molecule has 0 radical (unpaired) electrons. The summed E-state index contributed by atoms with van der Waals surface area (Å²) >= 11 is 1.61. The standard InChI is InChI=1S/C12H17NOS/c1-10-11(7-12(9-14)15-10)8-13-5-3-2-4-6-13/h7,9H,2-6,8H2,1H3. The molecule has 0 aromatic carbocycles. The summed E-state index contributed by atoms with van der Waals surface area (Å²) in [7, 11) is 0. The molecule has 1 aliphatic heterocycles. The fraction of sp³-hybridized carbons (Fsp3) is 0.583. The van der Waals surface area contributed by atoms with Crippen LogP contribution in [0.4, 0.5) is 0 Å². The molecule has 0 amide bonds.